The first-order valence-corrected chi connectivity index (χ1v) is 4.81. The quantitative estimate of drug-likeness (QED) is 0.817. The van der Waals surface area contributed by atoms with E-state index in [1.807, 2.05) is 13.0 Å². The van der Waals surface area contributed by atoms with Crippen molar-refractivity contribution in [3.8, 4) is 6.07 Å². The van der Waals surface area contributed by atoms with E-state index in [0.717, 1.165) is 6.42 Å². The van der Waals surface area contributed by atoms with Crippen LogP contribution in [0.25, 0.3) is 0 Å². The summed E-state index contributed by atoms with van der Waals surface area (Å²) in [7, 11) is 0. The van der Waals surface area contributed by atoms with Gasteiger partial charge in [0.2, 0.25) is 5.91 Å². The summed E-state index contributed by atoms with van der Waals surface area (Å²) in [4.78, 5) is 11.5. The molecule has 1 aromatic rings. The number of anilines is 1. The molecule has 0 saturated carbocycles. The monoisotopic (exact) mass is 207 g/mol. The van der Waals surface area contributed by atoms with Crippen molar-refractivity contribution in [3.63, 3.8) is 0 Å². The van der Waals surface area contributed by atoms with Crippen molar-refractivity contribution in [2.45, 2.75) is 26.7 Å². The van der Waals surface area contributed by atoms with Crippen LogP contribution in [-0.2, 0) is 4.79 Å². The van der Waals surface area contributed by atoms with Crippen molar-refractivity contribution in [3.05, 3.63) is 11.8 Å². The number of amides is 1. The molecule has 0 radical (unpaired) electrons. The fourth-order valence-electron chi connectivity index (χ4n) is 1.18. The maximum Gasteiger partial charge on any atom is 0.242 e. The average Bonchev–Trinajstić information content (AvgIpc) is 2.60. The second-order valence-electron chi connectivity index (χ2n) is 3.28. The minimum atomic E-state index is -0.619. The highest BCUT2D eigenvalue weighted by Crippen LogP contribution is 2.11. The number of hydrogen-bond acceptors (Lipinski definition) is 4. The summed E-state index contributed by atoms with van der Waals surface area (Å²) in [5.41, 5.74) is 0. The number of aryl methyl sites for hydroxylation is 1. The molecule has 0 spiro atoms. The predicted molar refractivity (Wildman–Crippen MR) is 53.9 cm³/mol. The molecule has 0 aromatic carbocycles. The minimum Gasteiger partial charge on any atom is -0.360 e. The predicted octanol–water partition coefficient (Wildman–Crippen LogP) is 1.86. The normalized spacial score (nSPS) is 11.8. The van der Waals surface area contributed by atoms with Gasteiger partial charge in [-0.15, -0.1) is 0 Å². The standard InChI is InChI=1S/C10H13N3O2/c1-3-4-8(6-11)10(14)12-9-5-7(2)15-13-9/h5,8H,3-4H2,1-2H3,(H,12,13,14). The molecule has 1 heterocycles. The Morgan fingerprint density at radius 3 is 3.00 bits per heavy atom. The number of aromatic nitrogens is 1. The second kappa shape index (κ2) is 5.15. The molecule has 0 aliphatic rings. The van der Waals surface area contributed by atoms with Crippen LogP contribution in [0.1, 0.15) is 25.5 Å². The van der Waals surface area contributed by atoms with E-state index < -0.39 is 5.92 Å². The Morgan fingerprint density at radius 1 is 1.80 bits per heavy atom. The Balaban J connectivity index is 2.58. The number of carbonyl (C=O) groups excluding carboxylic acids is 1. The van der Waals surface area contributed by atoms with Gasteiger partial charge in [-0.05, 0) is 13.3 Å². The van der Waals surface area contributed by atoms with Crippen molar-refractivity contribution < 1.29 is 9.32 Å². The molecule has 0 fully saturated rings. The van der Waals surface area contributed by atoms with Gasteiger partial charge in [0, 0.05) is 6.07 Å². The summed E-state index contributed by atoms with van der Waals surface area (Å²) in [6, 6.07) is 3.57. The summed E-state index contributed by atoms with van der Waals surface area (Å²) >= 11 is 0. The SMILES string of the molecule is CCCC(C#N)C(=O)Nc1cc(C)on1. The van der Waals surface area contributed by atoms with Gasteiger partial charge >= 0.3 is 0 Å². The molecular weight excluding hydrogens is 194 g/mol. The van der Waals surface area contributed by atoms with Gasteiger partial charge < -0.3 is 9.84 Å². The molecule has 80 valence electrons. The summed E-state index contributed by atoms with van der Waals surface area (Å²) < 4.78 is 4.79. The van der Waals surface area contributed by atoms with E-state index in [4.69, 9.17) is 9.78 Å². The van der Waals surface area contributed by atoms with Gasteiger partial charge in [-0.1, -0.05) is 18.5 Å². The molecule has 0 bridgehead atoms. The van der Waals surface area contributed by atoms with Crippen LogP contribution in [0.5, 0.6) is 0 Å². The number of nitrogens with zero attached hydrogens (tertiary/aromatic N) is 2. The summed E-state index contributed by atoms with van der Waals surface area (Å²) in [5.74, 6) is 0.0304. The van der Waals surface area contributed by atoms with Crippen LogP contribution in [0.3, 0.4) is 0 Å². The van der Waals surface area contributed by atoms with Crippen LogP contribution in [0.4, 0.5) is 5.82 Å². The maximum atomic E-state index is 11.5. The van der Waals surface area contributed by atoms with Crippen LogP contribution in [0.15, 0.2) is 10.6 Å². The zero-order chi connectivity index (χ0) is 11.3. The molecule has 1 unspecified atom stereocenters. The van der Waals surface area contributed by atoms with Crippen molar-refractivity contribution in [1.82, 2.24) is 5.16 Å². The summed E-state index contributed by atoms with van der Waals surface area (Å²) in [6.45, 7) is 3.66. The molecular formula is C10H13N3O2. The molecule has 5 nitrogen and oxygen atoms in total. The largest absolute Gasteiger partial charge is 0.360 e. The molecule has 0 aliphatic carbocycles. The van der Waals surface area contributed by atoms with Crippen molar-refractivity contribution >= 4 is 11.7 Å². The van der Waals surface area contributed by atoms with E-state index in [-0.39, 0.29) is 5.91 Å². The number of hydrogen-bond donors (Lipinski definition) is 1. The minimum absolute atomic E-state index is 0.326. The van der Waals surface area contributed by atoms with Gasteiger partial charge in [-0.2, -0.15) is 5.26 Å². The molecule has 1 N–H and O–H groups in total. The van der Waals surface area contributed by atoms with E-state index in [1.54, 1.807) is 13.0 Å². The lowest BCUT2D eigenvalue weighted by Gasteiger charge is -2.05. The van der Waals surface area contributed by atoms with E-state index in [2.05, 4.69) is 10.5 Å². The first-order chi connectivity index (χ1) is 7.17. The van der Waals surface area contributed by atoms with Crippen molar-refractivity contribution in [2.75, 3.05) is 5.32 Å². The third kappa shape index (κ3) is 3.09. The molecule has 0 saturated heterocycles. The van der Waals surface area contributed by atoms with Gasteiger partial charge in [0.25, 0.3) is 0 Å². The third-order valence-electron chi connectivity index (χ3n) is 1.93. The Bertz CT molecular complexity index is 378. The molecule has 0 aliphatic heterocycles. The fourth-order valence-corrected chi connectivity index (χ4v) is 1.18. The lowest BCUT2D eigenvalue weighted by atomic mass is 10.1. The highest BCUT2D eigenvalue weighted by molar-refractivity contribution is 5.93. The highest BCUT2D eigenvalue weighted by atomic mass is 16.5. The Kier molecular flexibility index (Phi) is 3.86. The van der Waals surface area contributed by atoms with Crippen LogP contribution in [0, 0.1) is 24.2 Å². The maximum absolute atomic E-state index is 11.5. The van der Waals surface area contributed by atoms with Gasteiger partial charge in [0.15, 0.2) is 5.82 Å². The number of nitrogens with one attached hydrogen (secondary N) is 1. The number of rotatable bonds is 4. The molecule has 15 heavy (non-hydrogen) atoms. The zero-order valence-corrected chi connectivity index (χ0v) is 8.78. The zero-order valence-electron chi connectivity index (χ0n) is 8.78. The lowest BCUT2D eigenvalue weighted by molar-refractivity contribution is -0.118. The van der Waals surface area contributed by atoms with Crippen molar-refractivity contribution in [1.29, 1.82) is 5.26 Å². The van der Waals surface area contributed by atoms with Crippen molar-refractivity contribution in [2.24, 2.45) is 5.92 Å². The molecule has 1 atom stereocenters. The molecule has 1 amide bonds. The van der Waals surface area contributed by atoms with E-state index in [0.29, 0.717) is 18.0 Å². The van der Waals surface area contributed by atoms with E-state index >= 15 is 0 Å². The van der Waals surface area contributed by atoms with Gasteiger partial charge in [0.05, 0.1) is 6.07 Å². The Labute approximate surface area is 88.1 Å². The van der Waals surface area contributed by atoms with E-state index in [9.17, 15) is 4.79 Å². The summed E-state index contributed by atoms with van der Waals surface area (Å²) in [5, 5.41) is 14.9. The first kappa shape index (κ1) is 11.2. The number of nitriles is 1. The second-order valence-corrected chi connectivity index (χ2v) is 3.28. The van der Waals surface area contributed by atoms with Gasteiger partial charge in [0.1, 0.15) is 11.7 Å². The van der Waals surface area contributed by atoms with Crippen LogP contribution in [-0.4, -0.2) is 11.1 Å². The van der Waals surface area contributed by atoms with E-state index in [1.165, 1.54) is 0 Å². The highest BCUT2D eigenvalue weighted by Gasteiger charge is 2.17. The Hall–Kier alpha value is -1.83. The van der Waals surface area contributed by atoms with Crippen LogP contribution >= 0.6 is 0 Å². The van der Waals surface area contributed by atoms with Crippen LogP contribution in [0.2, 0.25) is 0 Å². The smallest absolute Gasteiger partial charge is 0.242 e. The topological polar surface area (TPSA) is 78.9 Å². The summed E-state index contributed by atoms with van der Waals surface area (Å²) in [6.07, 6.45) is 1.35. The average molecular weight is 207 g/mol. The first-order valence-electron chi connectivity index (χ1n) is 4.81. The van der Waals surface area contributed by atoms with Crippen LogP contribution < -0.4 is 5.32 Å². The lowest BCUT2D eigenvalue weighted by Crippen LogP contribution is -2.21. The fraction of sp³-hybridized carbons (Fsp3) is 0.500. The Morgan fingerprint density at radius 2 is 2.53 bits per heavy atom. The molecule has 1 rings (SSSR count). The third-order valence-corrected chi connectivity index (χ3v) is 1.93. The molecule has 1 aromatic heterocycles. The molecule has 5 heteroatoms. The number of carbonyl (C=O) groups is 1. The van der Waals surface area contributed by atoms with Gasteiger partial charge in [-0.25, -0.2) is 0 Å². The van der Waals surface area contributed by atoms with Gasteiger partial charge in [-0.3, -0.25) is 4.79 Å².